The second kappa shape index (κ2) is 11.0. The van der Waals surface area contributed by atoms with Crippen LogP contribution in [0.25, 0.3) is 0 Å². The minimum absolute atomic E-state index is 0.0208. The Labute approximate surface area is 202 Å². The third kappa shape index (κ3) is 6.01. The fraction of sp³-hybridized carbons (Fsp3) is 0.429. The summed E-state index contributed by atoms with van der Waals surface area (Å²) in [5.74, 6) is 0.497. The number of benzene rings is 2. The maximum atomic E-state index is 13.1. The zero-order valence-corrected chi connectivity index (χ0v) is 20.8. The molecule has 0 heterocycles. The molecule has 1 aliphatic rings. The van der Waals surface area contributed by atoms with E-state index in [9.17, 15) is 4.79 Å². The van der Waals surface area contributed by atoms with Crippen LogP contribution in [0, 0.1) is 22.2 Å². The zero-order chi connectivity index (χ0) is 24.7. The normalized spacial score (nSPS) is 21.3. The van der Waals surface area contributed by atoms with Crippen molar-refractivity contribution in [3.05, 3.63) is 83.4 Å². The molecule has 1 saturated carbocycles. The Balaban J connectivity index is 0.00000122. The second-order valence-electron chi connectivity index (χ2n) is 10.1. The number of nitrogens with one attached hydrogen (secondary N) is 2. The lowest BCUT2D eigenvalue weighted by Gasteiger charge is -2.59. The molecule has 2 N–H and O–H groups in total. The van der Waals surface area contributed by atoms with Crippen LogP contribution in [0.3, 0.4) is 0 Å². The van der Waals surface area contributed by atoms with Gasteiger partial charge in [0.15, 0.2) is 0 Å². The van der Waals surface area contributed by atoms with Gasteiger partial charge in [0.2, 0.25) is 6.08 Å². The first kappa shape index (κ1) is 26.6. The number of halogens is 1. The van der Waals surface area contributed by atoms with Gasteiger partial charge in [0, 0.05) is 10.6 Å². The van der Waals surface area contributed by atoms with Gasteiger partial charge >= 0.3 is 0 Å². The summed E-state index contributed by atoms with van der Waals surface area (Å²) >= 11 is 6.15. The average Bonchev–Trinajstić information content (AvgIpc) is 2.75. The molecule has 1 amide bonds. The summed E-state index contributed by atoms with van der Waals surface area (Å²) in [5, 5.41) is 9.50. The highest BCUT2D eigenvalue weighted by atomic mass is 35.5. The topological polar surface area (TPSA) is 70.0 Å². The van der Waals surface area contributed by atoms with Crippen molar-refractivity contribution >= 4 is 23.6 Å². The smallest absolute Gasteiger partial charge is 0.251 e. The minimum atomic E-state index is -0.358. The van der Waals surface area contributed by atoms with Crippen molar-refractivity contribution in [3.8, 4) is 0 Å². The summed E-state index contributed by atoms with van der Waals surface area (Å²) in [4.78, 5) is 21.4. The Morgan fingerprint density at radius 3 is 2.18 bits per heavy atom. The molecule has 4 nitrogen and oxygen atoms in total. The van der Waals surface area contributed by atoms with E-state index in [2.05, 4.69) is 51.7 Å². The molecule has 33 heavy (non-hydrogen) atoms. The maximum absolute atomic E-state index is 13.1. The van der Waals surface area contributed by atoms with Gasteiger partial charge in [0.25, 0.3) is 5.91 Å². The summed E-state index contributed by atoms with van der Waals surface area (Å²) in [7, 11) is 0. The summed E-state index contributed by atoms with van der Waals surface area (Å²) in [6, 6.07) is 17.4. The molecule has 2 aromatic rings. The average molecular weight is 467 g/mol. The van der Waals surface area contributed by atoms with Crippen LogP contribution in [0.2, 0.25) is 5.02 Å². The molecule has 1 unspecified atom stereocenters. The van der Waals surface area contributed by atoms with Gasteiger partial charge in [-0.15, -0.1) is 6.58 Å². The Kier molecular flexibility index (Phi) is 8.82. The van der Waals surface area contributed by atoms with Crippen molar-refractivity contribution in [2.24, 2.45) is 16.7 Å². The number of hydrogen-bond donors (Lipinski definition) is 2. The Bertz CT molecular complexity index is 967. The number of amides is 1. The third-order valence-corrected chi connectivity index (χ3v) is 7.71. The number of carbonyl (C=O) groups excluding carboxylic acids is 2. The van der Waals surface area contributed by atoms with E-state index in [4.69, 9.17) is 21.8 Å². The molecule has 3 rings (SSSR count). The number of rotatable bonds is 7. The Morgan fingerprint density at radius 1 is 1.15 bits per heavy atom. The van der Waals surface area contributed by atoms with Crippen molar-refractivity contribution in [2.45, 2.75) is 58.9 Å². The summed E-state index contributed by atoms with van der Waals surface area (Å²) in [5.41, 5.74) is 1.79. The highest BCUT2D eigenvalue weighted by Crippen LogP contribution is 2.60. The monoisotopic (exact) mass is 466 g/mol. The molecule has 0 aromatic heterocycles. The SMILES string of the molecule is C=CCCC(C)(C1CC(NC(=O)c2ccccc2)(c2ccc(Cl)cc2)C1)C(C)(C)C.N=C=O. The molecule has 0 spiro atoms. The van der Waals surface area contributed by atoms with E-state index < -0.39 is 0 Å². The predicted molar refractivity (Wildman–Crippen MR) is 135 cm³/mol. The van der Waals surface area contributed by atoms with Gasteiger partial charge in [-0.3, -0.25) is 4.79 Å². The Morgan fingerprint density at radius 2 is 1.70 bits per heavy atom. The highest BCUT2D eigenvalue weighted by molar-refractivity contribution is 6.30. The number of allylic oxidation sites excluding steroid dienone is 1. The summed E-state index contributed by atoms with van der Waals surface area (Å²) in [6.07, 6.45) is 6.74. The van der Waals surface area contributed by atoms with Gasteiger partial charge in [-0.25, -0.2) is 10.2 Å². The van der Waals surface area contributed by atoms with E-state index in [-0.39, 0.29) is 22.3 Å². The third-order valence-electron chi connectivity index (χ3n) is 7.46. The molecular formula is C28H35ClN2O2. The fourth-order valence-corrected chi connectivity index (χ4v) is 5.01. The van der Waals surface area contributed by atoms with E-state index in [1.165, 1.54) is 0 Å². The molecule has 0 radical (unpaired) electrons. The first-order valence-electron chi connectivity index (χ1n) is 11.3. The first-order chi connectivity index (χ1) is 15.5. The molecule has 1 aliphatic carbocycles. The number of carbonyl (C=O) groups is 1. The molecule has 5 heteroatoms. The van der Waals surface area contributed by atoms with Crippen molar-refractivity contribution in [1.82, 2.24) is 5.32 Å². The lowest BCUT2D eigenvalue weighted by molar-refractivity contribution is -0.0638. The van der Waals surface area contributed by atoms with Crippen LogP contribution in [-0.4, -0.2) is 12.0 Å². The van der Waals surface area contributed by atoms with Gasteiger partial charge in [0.05, 0.1) is 5.54 Å². The summed E-state index contributed by atoms with van der Waals surface area (Å²) < 4.78 is 0. The van der Waals surface area contributed by atoms with E-state index >= 15 is 0 Å². The van der Waals surface area contributed by atoms with Crippen LogP contribution >= 0.6 is 11.6 Å². The van der Waals surface area contributed by atoms with Gasteiger partial charge in [-0.2, -0.15) is 0 Å². The molecule has 1 atom stereocenters. The quantitative estimate of drug-likeness (QED) is 0.255. The Hall–Kier alpha value is -2.68. The van der Waals surface area contributed by atoms with Crippen molar-refractivity contribution in [1.29, 1.82) is 5.41 Å². The lowest BCUT2D eigenvalue weighted by Crippen LogP contribution is -2.60. The van der Waals surface area contributed by atoms with Crippen molar-refractivity contribution in [2.75, 3.05) is 0 Å². The fourth-order valence-electron chi connectivity index (χ4n) is 4.88. The van der Waals surface area contributed by atoms with Crippen LogP contribution in [0.4, 0.5) is 0 Å². The molecule has 0 saturated heterocycles. The van der Waals surface area contributed by atoms with Gasteiger partial charge < -0.3 is 5.32 Å². The van der Waals surface area contributed by atoms with Gasteiger partial charge in [0.1, 0.15) is 0 Å². The second-order valence-corrected chi connectivity index (χ2v) is 10.5. The standard InChI is InChI=1S/C27H34ClNO.CHNO/c1-6-7-17-26(5,25(2,3)4)22-18-27(19-22,21-13-15-23(28)16-14-21)29-24(30)20-11-9-8-10-12-20;2-1-3/h6,8-16,22H,1,7,17-19H2,2-5H3,(H,29,30);2H. The molecule has 0 bridgehead atoms. The van der Waals surface area contributed by atoms with Crippen LogP contribution in [0.15, 0.2) is 67.3 Å². The minimum Gasteiger partial charge on any atom is -0.343 e. The molecule has 0 aliphatic heterocycles. The molecule has 1 fully saturated rings. The summed E-state index contributed by atoms with van der Waals surface area (Å²) in [6.45, 7) is 13.3. The van der Waals surface area contributed by atoms with Crippen LogP contribution in [0.1, 0.15) is 69.3 Å². The van der Waals surface area contributed by atoms with E-state index in [1.807, 2.05) is 48.5 Å². The van der Waals surface area contributed by atoms with Crippen LogP contribution < -0.4 is 5.32 Å². The van der Waals surface area contributed by atoms with Crippen molar-refractivity contribution < 1.29 is 9.59 Å². The van der Waals surface area contributed by atoms with E-state index in [0.29, 0.717) is 16.5 Å². The van der Waals surface area contributed by atoms with Crippen molar-refractivity contribution in [3.63, 3.8) is 0 Å². The van der Waals surface area contributed by atoms with Gasteiger partial charge in [-0.1, -0.05) is 75.7 Å². The highest BCUT2D eigenvalue weighted by Gasteiger charge is 2.56. The molecule has 2 aromatic carbocycles. The number of hydrogen-bond acceptors (Lipinski definition) is 3. The zero-order valence-electron chi connectivity index (χ0n) is 20.1. The number of isocyanates is 1. The van der Waals surface area contributed by atoms with E-state index in [1.54, 1.807) is 0 Å². The maximum Gasteiger partial charge on any atom is 0.251 e. The van der Waals surface area contributed by atoms with Gasteiger partial charge in [-0.05, 0) is 72.3 Å². The lowest BCUT2D eigenvalue weighted by atomic mass is 9.48. The molecular weight excluding hydrogens is 432 g/mol. The largest absolute Gasteiger partial charge is 0.343 e. The van der Waals surface area contributed by atoms with Crippen LogP contribution in [-0.2, 0) is 10.3 Å². The van der Waals surface area contributed by atoms with E-state index in [0.717, 1.165) is 37.3 Å². The predicted octanol–water partition coefficient (Wildman–Crippen LogP) is 7.29. The van der Waals surface area contributed by atoms with Crippen LogP contribution in [0.5, 0.6) is 0 Å². The first-order valence-corrected chi connectivity index (χ1v) is 11.7. The molecule has 176 valence electrons.